The molecule has 3 aromatic rings. The lowest BCUT2D eigenvalue weighted by Gasteiger charge is -2.12. The molecule has 3 aromatic heterocycles. The molecule has 5 nitrogen and oxygen atoms in total. The van der Waals surface area contributed by atoms with Crippen molar-refractivity contribution in [3.05, 3.63) is 35.4 Å². The van der Waals surface area contributed by atoms with Crippen molar-refractivity contribution in [3.8, 4) is 10.7 Å². The van der Waals surface area contributed by atoms with Crippen LogP contribution in [0.5, 0.6) is 0 Å². The minimum atomic E-state index is -0.0210. The van der Waals surface area contributed by atoms with E-state index < -0.39 is 0 Å². The zero-order chi connectivity index (χ0) is 14.9. The highest BCUT2D eigenvalue weighted by Crippen LogP contribution is 2.27. The number of H-pyrrole nitrogens is 1. The Bertz CT molecular complexity index is 709. The lowest BCUT2D eigenvalue weighted by Crippen LogP contribution is -2.09. The summed E-state index contributed by atoms with van der Waals surface area (Å²) in [5, 5.41) is 9.88. The van der Waals surface area contributed by atoms with Crippen molar-refractivity contribution in [1.82, 2.24) is 20.2 Å². The summed E-state index contributed by atoms with van der Waals surface area (Å²) < 4.78 is 5.75. The first-order valence-electron chi connectivity index (χ1n) is 6.56. The van der Waals surface area contributed by atoms with Crippen LogP contribution in [-0.2, 0) is 11.2 Å². The number of thiophene rings is 1. The summed E-state index contributed by atoms with van der Waals surface area (Å²) >= 11 is 3.15. The zero-order valence-electron chi connectivity index (χ0n) is 12.1. The van der Waals surface area contributed by atoms with Gasteiger partial charge >= 0.3 is 0 Å². The van der Waals surface area contributed by atoms with Gasteiger partial charge in [0.2, 0.25) is 11.0 Å². The number of hydrogen-bond acceptors (Lipinski definition) is 6. The Balaban J connectivity index is 1.64. The number of aromatic nitrogens is 4. The summed E-state index contributed by atoms with van der Waals surface area (Å²) in [5.41, 5.74) is -0.0210. The van der Waals surface area contributed by atoms with Gasteiger partial charge in [-0.2, -0.15) is 0 Å². The van der Waals surface area contributed by atoms with Crippen molar-refractivity contribution in [2.45, 2.75) is 37.1 Å². The van der Waals surface area contributed by atoms with E-state index in [-0.39, 0.29) is 5.41 Å². The molecule has 0 atom stereocenters. The maximum Gasteiger partial charge on any atom is 0.209 e. The van der Waals surface area contributed by atoms with Crippen LogP contribution in [0.2, 0.25) is 0 Å². The van der Waals surface area contributed by atoms with Crippen LogP contribution in [0.1, 0.15) is 32.4 Å². The number of thioether (sulfide) groups is 1. The molecule has 0 fully saturated rings. The van der Waals surface area contributed by atoms with Gasteiger partial charge < -0.3 is 4.42 Å². The van der Waals surface area contributed by atoms with Crippen LogP contribution in [0.15, 0.2) is 33.3 Å². The number of rotatable bonds is 4. The molecule has 3 heterocycles. The molecular formula is C14H16N4OS2. The Labute approximate surface area is 131 Å². The molecule has 0 saturated heterocycles. The van der Waals surface area contributed by atoms with Gasteiger partial charge in [-0.15, -0.1) is 16.4 Å². The Morgan fingerprint density at radius 2 is 2.24 bits per heavy atom. The molecule has 0 amide bonds. The summed E-state index contributed by atoms with van der Waals surface area (Å²) in [6.07, 6.45) is 1.80. The first-order valence-corrected chi connectivity index (χ1v) is 8.43. The predicted molar refractivity (Wildman–Crippen MR) is 84.5 cm³/mol. The molecule has 0 aliphatic carbocycles. The first-order chi connectivity index (χ1) is 10.0. The van der Waals surface area contributed by atoms with Gasteiger partial charge in [0.1, 0.15) is 5.76 Å². The number of nitrogens with one attached hydrogen (secondary N) is 1. The van der Waals surface area contributed by atoms with Crippen LogP contribution in [0.4, 0.5) is 0 Å². The lowest BCUT2D eigenvalue weighted by molar-refractivity contribution is 0.390. The maximum absolute atomic E-state index is 5.75. The van der Waals surface area contributed by atoms with E-state index in [1.807, 2.05) is 17.5 Å². The summed E-state index contributed by atoms with van der Waals surface area (Å²) in [6.45, 7) is 6.31. The van der Waals surface area contributed by atoms with Gasteiger partial charge in [-0.25, -0.2) is 9.97 Å². The highest BCUT2D eigenvalue weighted by atomic mass is 32.2. The van der Waals surface area contributed by atoms with Crippen molar-refractivity contribution < 1.29 is 4.42 Å². The first kappa shape index (κ1) is 14.3. The number of hydrogen-bond donors (Lipinski definition) is 1. The molecule has 110 valence electrons. The third-order valence-electron chi connectivity index (χ3n) is 2.84. The van der Waals surface area contributed by atoms with Gasteiger partial charge in [0.05, 0.1) is 16.8 Å². The average Bonchev–Trinajstić information content (AvgIpc) is 3.16. The second-order valence-corrected chi connectivity index (χ2v) is 7.49. The second-order valence-electron chi connectivity index (χ2n) is 5.60. The molecule has 21 heavy (non-hydrogen) atoms. The van der Waals surface area contributed by atoms with E-state index in [0.29, 0.717) is 16.8 Å². The summed E-state index contributed by atoms with van der Waals surface area (Å²) in [5.74, 6) is 3.02. The van der Waals surface area contributed by atoms with Gasteiger partial charge in [0.15, 0.2) is 5.82 Å². The topological polar surface area (TPSA) is 67.6 Å². The summed E-state index contributed by atoms with van der Waals surface area (Å²) in [7, 11) is 0. The van der Waals surface area contributed by atoms with Crippen molar-refractivity contribution >= 4 is 23.1 Å². The van der Waals surface area contributed by atoms with Crippen LogP contribution in [0.3, 0.4) is 0 Å². The van der Waals surface area contributed by atoms with E-state index in [4.69, 9.17) is 4.42 Å². The molecule has 0 radical (unpaired) electrons. The quantitative estimate of drug-likeness (QED) is 0.733. The van der Waals surface area contributed by atoms with Crippen molar-refractivity contribution in [2.24, 2.45) is 0 Å². The van der Waals surface area contributed by atoms with Crippen LogP contribution in [-0.4, -0.2) is 20.2 Å². The molecule has 0 bridgehead atoms. The molecular weight excluding hydrogens is 304 g/mol. The monoisotopic (exact) mass is 320 g/mol. The molecule has 0 aliphatic rings. The van der Waals surface area contributed by atoms with E-state index in [1.54, 1.807) is 17.5 Å². The minimum Gasteiger partial charge on any atom is -0.444 e. The standard InChI is InChI=1S/C14H16N4OS2/c1-14(2,3)10-7-15-11(19-10)8-21-13-16-12(17-18-13)9-5-4-6-20-9/h4-7H,8H2,1-3H3,(H,16,17,18). The fourth-order valence-electron chi connectivity index (χ4n) is 1.68. The van der Waals surface area contributed by atoms with E-state index in [2.05, 4.69) is 40.9 Å². The van der Waals surface area contributed by atoms with Crippen LogP contribution < -0.4 is 0 Å². The van der Waals surface area contributed by atoms with Crippen LogP contribution in [0, 0.1) is 0 Å². The number of nitrogens with zero attached hydrogens (tertiary/aromatic N) is 3. The third-order valence-corrected chi connectivity index (χ3v) is 4.55. The summed E-state index contributed by atoms with van der Waals surface area (Å²) in [4.78, 5) is 9.85. The lowest BCUT2D eigenvalue weighted by atomic mass is 9.94. The van der Waals surface area contributed by atoms with Gasteiger partial charge in [-0.1, -0.05) is 38.6 Å². The molecule has 0 aromatic carbocycles. The average molecular weight is 320 g/mol. The van der Waals surface area contributed by atoms with E-state index >= 15 is 0 Å². The largest absolute Gasteiger partial charge is 0.444 e. The van der Waals surface area contributed by atoms with Crippen molar-refractivity contribution in [2.75, 3.05) is 0 Å². The van der Waals surface area contributed by atoms with Crippen molar-refractivity contribution in [3.63, 3.8) is 0 Å². The smallest absolute Gasteiger partial charge is 0.209 e. The van der Waals surface area contributed by atoms with E-state index in [9.17, 15) is 0 Å². The molecule has 0 saturated carbocycles. The van der Waals surface area contributed by atoms with Gasteiger partial charge in [0, 0.05) is 5.41 Å². The Kier molecular flexibility index (Phi) is 3.86. The highest BCUT2D eigenvalue weighted by Gasteiger charge is 2.19. The number of aromatic amines is 1. The van der Waals surface area contributed by atoms with Crippen molar-refractivity contribution in [1.29, 1.82) is 0 Å². The second kappa shape index (κ2) is 5.65. The van der Waals surface area contributed by atoms with Gasteiger partial charge in [-0.3, -0.25) is 5.10 Å². The SMILES string of the molecule is CC(C)(C)c1cnc(CSc2n[nH]c(-c3cccs3)n2)o1. The van der Waals surface area contributed by atoms with Crippen LogP contribution >= 0.6 is 23.1 Å². The highest BCUT2D eigenvalue weighted by molar-refractivity contribution is 7.98. The fraction of sp³-hybridized carbons (Fsp3) is 0.357. The van der Waals surface area contributed by atoms with E-state index in [1.165, 1.54) is 11.8 Å². The molecule has 0 unspecified atom stereocenters. The molecule has 0 aliphatic heterocycles. The molecule has 1 N–H and O–H groups in total. The molecule has 0 spiro atoms. The van der Waals surface area contributed by atoms with Crippen LogP contribution in [0.25, 0.3) is 10.7 Å². The van der Waals surface area contributed by atoms with E-state index in [0.717, 1.165) is 16.5 Å². The molecule has 7 heteroatoms. The fourth-order valence-corrected chi connectivity index (χ4v) is 3.00. The minimum absolute atomic E-state index is 0.0210. The Morgan fingerprint density at radius 3 is 2.90 bits per heavy atom. The predicted octanol–water partition coefficient (Wildman–Crippen LogP) is 4.11. The molecule has 3 rings (SSSR count). The normalized spacial score (nSPS) is 12.0. The van der Waals surface area contributed by atoms with Gasteiger partial charge in [-0.05, 0) is 11.4 Å². The summed E-state index contributed by atoms with van der Waals surface area (Å²) in [6, 6.07) is 4.01. The maximum atomic E-state index is 5.75. The number of oxazole rings is 1. The zero-order valence-corrected chi connectivity index (χ0v) is 13.7. The van der Waals surface area contributed by atoms with Gasteiger partial charge in [0.25, 0.3) is 0 Å². The third kappa shape index (κ3) is 3.36. The Hall–Kier alpha value is -1.60. The Morgan fingerprint density at radius 1 is 1.38 bits per heavy atom.